The molecule has 4 rings (SSSR count). The van der Waals surface area contributed by atoms with Gasteiger partial charge in [0.05, 0.1) is 0 Å². The summed E-state index contributed by atoms with van der Waals surface area (Å²) in [5.41, 5.74) is 4.52. The van der Waals surface area contributed by atoms with Crippen molar-refractivity contribution in [2.45, 2.75) is 25.2 Å². The number of hydrogen-bond acceptors (Lipinski definition) is 3. The minimum atomic E-state index is -4.66. The zero-order valence-electron chi connectivity index (χ0n) is 13.6. The third-order valence-electron chi connectivity index (χ3n) is 4.89. The molecule has 1 atom stereocenters. The molecule has 1 N–H and O–H groups in total. The third-order valence-corrected chi connectivity index (χ3v) is 4.89. The van der Waals surface area contributed by atoms with Crippen molar-refractivity contribution in [2.24, 2.45) is 0 Å². The number of anilines is 1. The number of fused-ring (bicyclic) bond motifs is 3. The summed E-state index contributed by atoms with van der Waals surface area (Å²) in [5.74, 6) is -0.196. The molecule has 2 aromatic rings. The normalized spacial score (nSPS) is 20.0. The maximum Gasteiger partial charge on any atom is 0.573 e. The van der Waals surface area contributed by atoms with Gasteiger partial charge in [-0.1, -0.05) is 18.2 Å². The van der Waals surface area contributed by atoms with Gasteiger partial charge in [0.25, 0.3) is 0 Å². The van der Waals surface area contributed by atoms with Gasteiger partial charge >= 0.3 is 6.36 Å². The van der Waals surface area contributed by atoms with Crippen LogP contribution in [0.15, 0.2) is 42.5 Å². The second-order valence-corrected chi connectivity index (χ2v) is 6.51. The van der Waals surface area contributed by atoms with Gasteiger partial charge in [0.2, 0.25) is 0 Å². The summed E-state index contributed by atoms with van der Waals surface area (Å²) in [7, 11) is 0. The summed E-state index contributed by atoms with van der Waals surface area (Å²) < 4.78 is 40.7. The van der Waals surface area contributed by atoms with Crippen LogP contribution in [0.5, 0.6) is 5.75 Å². The highest BCUT2D eigenvalue weighted by molar-refractivity contribution is 5.71. The molecule has 3 nitrogen and oxygen atoms in total. The first-order chi connectivity index (χ1) is 12.0. The Morgan fingerprint density at radius 3 is 2.52 bits per heavy atom. The molecular weight excluding hydrogens is 329 g/mol. The molecule has 2 aliphatic heterocycles. The Labute approximate surface area is 144 Å². The quantitative estimate of drug-likeness (QED) is 0.889. The minimum absolute atomic E-state index is 0.196. The van der Waals surface area contributed by atoms with Crippen molar-refractivity contribution in [1.82, 2.24) is 5.32 Å². The van der Waals surface area contributed by atoms with Gasteiger partial charge in [0.1, 0.15) is 5.75 Å². The van der Waals surface area contributed by atoms with Gasteiger partial charge < -0.3 is 15.0 Å². The first-order valence-electron chi connectivity index (χ1n) is 8.46. The summed E-state index contributed by atoms with van der Waals surface area (Å²) in [6.45, 7) is 3.06. The molecule has 0 amide bonds. The van der Waals surface area contributed by atoms with Gasteiger partial charge in [0.15, 0.2) is 0 Å². The van der Waals surface area contributed by atoms with Crippen LogP contribution in [0.2, 0.25) is 0 Å². The SMILES string of the molecule is FC(F)(F)Oc1ccc(-c2ccc3c(c2)CC2CCNCCN32)cc1. The number of halogens is 3. The molecule has 6 heteroatoms. The van der Waals surface area contributed by atoms with E-state index in [1.54, 1.807) is 12.1 Å². The van der Waals surface area contributed by atoms with Crippen LogP contribution in [0.3, 0.4) is 0 Å². The number of nitrogens with one attached hydrogen (secondary N) is 1. The van der Waals surface area contributed by atoms with Crippen molar-refractivity contribution in [2.75, 3.05) is 24.5 Å². The Balaban J connectivity index is 1.57. The van der Waals surface area contributed by atoms with Gasteiger partial charge in [-0.3, -0.25) is 0 Å². The Morgan fingerprint density at radius 1 is 1.00 bits per heavy atom. The predicted octanol–water partition coefficient (Wildman–Crippen LogP) is 3.98. The lowest BCUT2D eigenvalue weighted by Gasteiger charge is -2.24. The zero-order valence-corrected chi connectivity index (χ0v) is 13.6. The molecule has 25 heavy (non-hydrogen) atoms. The Bertz CT molecular complexity index is 758. The fourth-order valence-electron chi connectivity index (χ4n) is 3.77. The van der Waals surface area contributed by atoms with E-state index in [0.717, 1.165) is 43.6 Å². The summed E-state index contributed by atoms with van der Waals surface area (Å²) in [6, 6.07) is 12.9. The molecule has 132 valence electrons. The maximum absolute atomic E-state index is 12.3. The van der Waals surface area contributed by atoms with Crippen molar-refractivity contribution in [3.8, 4) is 16.9 Å². The summed E-state index contributed by atoms with van der Waals surface area (Å²) in [4.78, 5) is 2.47. The number of rotatable bonds is 2. The van der Waals surface area contributed by atoms with E-state index in [9.17, 15) is 13.2 Å². The number of nitrogens with zero attached hydrogens (tertiary/aromatic N) is 1. The highest BCUT2D eigenvalue weighted by atomic mass is 19.4. The highest BCUT2D eigenvalue weighted by Gasteiger charge is 2.31. The zero-order chi connectivity index (χ0) is 17.4. The molecule has 0 bridgehead atoms. The molecule has 2 aliphatic rings. The lowest BCUT2D eigenvalue weighted by Crippen LogP contribution is -2.32. The molecule has 0 aliphatic carbocycles. The molecule has 2 heterocycles. The highest BCUT2D eigenvalue weighted by Crippen LogP contribution is 2.37. The molecule has 1 saturated heterocycles. The Hall–Kier alpha value is -2.21. The standard InChI is InChI=1S/C19H19F3N2O/c20-19(21,22)25-17-4-1-13(2-5-17)14-3-6-18-15(11-14)12-16-7-8-23-9-10-24(16)18/h1-6,11,16,23H,7-10,12H2. The van der Waals surface area contributed by atoms with Crippen LogP contribution in [0, 0.1) is 0 Å². The van der Waals surface area contributed by atoms with E-state index in [0.29, 0.717) is 6.04 Å². The largest absolute Gasteiger partial charge is 0.573 e. The van der Waals surface area contributed by atoms with Crippen LogP contribution in [0.4, 0.5) is 18.9 Å². The van der Waals surface area contributed by atoms with Crippen LogP contribution >= 0.6 is 0 Å². The second-order valence-electron chi connectivity index (χ2n) is 6.51. The van der Waals surface area contributed by atoms with E-state index in [-0.39, 0.29) is 5.75 Å². The molecule has 0 aromatic heterocycles. The second kappa shape index (κ2) is 6.26. The first-order valence-corrected chi connectivity index (χ1v) is 8.46. The van der Waals surface area contributed by atoms with E-state index in [4.69, 9.17) is 0 Å². The summed E-state index contributed by atoms with van der Waals surface area (Å²) in [5, 5.41) is 3.43. The molecule has 1 fully saturated rings. The third kappa shape index (κ3) is 3.44. The van der Waals surface area contributed by atoms with Crippen molar-refractivity contribution in [3.05, 3.63) is 48.0 Å². The molecule has 1 unspecified atom stereocenters. The van der Waals surface area contributed by atoms with E-state index in [1.807, 2.05) is 6.07 Å². The van der Waals surface area contributed by atoms with Crippen molar-refractivity contribution < 1.29 is 17.9 Å². The van der Waals surface area contributed by atoms with E-state index >= 15 is 0 Å². The summed E-state index contributed by atoms with van der Waals surface area (Å²) in [6.07, 6.45) is -2.50. The topological polar surface area (TPSA) is 24.5 Å². The molecule has 0 saturated carbocycles. The number of hydrogen-bond donors (Lipinski definition) is 1. The maximum atomic E-state index is 12.3. The first kappa shape index (κ1) is 16.3. The van der Waals surface area contributed by atoms with Crippen LogP contribution in [0.1, 0.15) is 12.0 Å². The fraction of sp³-hybridized carbons (Fsp3) is 0.368. The Kier molecular flexibility index (Phi) is 4.07. The van der Waals surface area contributed by atoms with Gasteiger partial charge in [-0.15, -0.1) is 13.2 Å². The lowest BCUT2D eigenvalue weighted by atomic mass is 10.0. The monoisotopic (exact) mass is 348 g/mol. The van der Waals surface area contributed by atoms with E-state index in [1.165, 1.54) is 23.4 Å². The predicted molar refractivity (Wildman–Crippen MR) is 90.9 cm³/mol. The van der Waals surface area contributed by atoms with E-state index in [2.05, 4.69) is 27.1 Å². The number of alkyl halides is 3. The van der Waals surface area contributed by atoms with Gasteiger partial charge in [-0.05, 0) is 60.3 Å². The van der Waals surface area contributed by atoms with E-state index < -0.39 is 6.36 Å². The average molecular weight is 348 g/mol. The van der Waals surface area contributed by atoms with Gasteiger partial charge in [-0.2, -0.15) is 0 Å². The molecular formula is C19H19F3N2O. The van der Waals surface area contributed by atoms with Gasteiger partial charge in [0, 0.05) is 24.8 Å². The average Bonchev–Trinajstić information content (AvgIpc) is 2.74. The molecule has 0 spiro atoms. The van der Waals surface area contributed by atoms with Crippen LogP contribution in [-0.4, -0.2) is 32.0 Å². The fourth-order valence-corrected chi connectivity index (χ4v) is 3.77. The van der Waals surface area contributed by atoms with Crippen LogP contribution in [-0.2, 0) is 6.42 Å². The van der Waals surface area contributed by atoms with Crippen molar-refractivity contribution in [3.63, 3.8) is 0 Å². The van der Waals surface area contributed by atoms with Crippen molar-refractivity contribution in [1.29, 1.82) is 0 Å². The van der Waals surface area contributed by atoms with Crippen LogP contribution < -0.4 is 15.0 Å². The lowest BCUT2D eigenvalue weighted by molar-refractivity contribution is -0.274. The minimum Gasteiger partial charge on any atom is -0.406 e. The number of ether oxygens (including phenoxy) is 1. The smallest absolute Gasteiger partial charge is 0.406 e. The van der Waals surface area contributed by atoms with Crippen LogP contribution in [0.25, 0.3) is 11.1 Å². The molecule has 0 radical (unpaired) electrons. The summed E-state index contributed by atoms with van der Waals surface area (Å²) >= 11 is 0. The number of benzene rings is 2. The molecule has 2 aromatic carbocycles. The van der Waals surface area contributed by atoms with Crippen molar-refractivity contribution >= 4 is 5.69 Å². The Morgan fingerprint density at radius 2 is 1.76 bits per heavy atom. The van der Waals surface area contributed by atoms with Gasteiger partial charge in [-0.25, -0.2) is 0 Å².